The minimum atomic E-state index is 0.852. The van der Waals surface area contributed by atoms with E-state index < -0.39 is 0 Å². The second-order valence-electron chi connectivity index (χ2n) is 3.63. The normalized spacial score (nSPS) is 26.7. The Balaban J connectivity index is 2.23. The van der Waals surface area contributed by atoms with Crippen LogP contribution in [0.15, 0.2) is 0 Å². The Bertz CT molecular complexity index is 117. The first-order valence-electron chi connectivity index (χ1n) is 4.22. The molecule has 0 N–H and O–H groups in total. The molecular weight excluding hydrogens is 174 g/mol. The molecule has 1 aliphatic heterocycles. The number of thiol groups is 1. The number of rotatable bonds is 3. The lowest BCUT2D eigenvalue weighted by atomic mass is 9.95. The van der Waals surface area contributed by atoms with E-state index >= 15 is 0 Å². The fraction of sp³-hybridized carbons (Fsp3) is 1.00. The van der Waals surface area contributed by atoms with Crippen molar-refractivity contribution in [3.63, 3.8) is 0 Å². The lowest BCUT2D eigenvalue weighted by Gasteiger charge is -2.15. The van der Waals surface area contributed by atoms with Gasteiger partial charge in [-0.15, -0.1) is 11.7 Å². The molecule has 0 aromatic carbocycles. The summed E-state index contributed by atoms with van der Waals surface area (Å²) in [7, 11) is 1.63. The lowest BCUT2D eigenvalue weighted by molar-refractivity contribution is 0.343. The first kappa shape index (κ1) is 9.75. The van der Waals surface area contributed by atoms with E-state index in [1.807, 2.05) is 0 Å². The van der Waals surface area contributed by atoms with Gasteiger partial charge in [-0.25, -0.2) is 0 Å². The summed E-state index contributed by atoms with van der Waals surface area (Å²) in [6.45, 7) is 7.20. The van der Waals surface area contributed by atoms with Crippen LogP contribution in [0.4, 0.5) is 0 Å². The lowest BCUT2D eigenvalue weighted by Crippen LogP contribution is -2.20. The second kappa shape index (κ2) is 4.63. The van der Waals surface area contributed by atoms with Gasteiger partial charge in [0, 0.05) is 6.54 Å². The van der Waals surface area contributed by atoms with E-state index in [9.17, 15) is 0 Å². The van der Waals surface area contributed by atoms with Crippen molar-refractivity contribution in [2.45, 2.75) is 20.3 Å². The summed E-state index contributed by atoms with van der Waals surface area (Å²) in [5.74, 6) is 2.87. The van der Waals surface area contributed by atoms with Crippen LogP contribution in [-0.2, 0) is 0 Å². The van der Waals surface area contributed by atoms with E-state index in [1.165, 1.54) is 19.5 Å². The van der Waals surface area contributed by atoms with Crippen molar-refractivity contribution in [1.82, 2.24) is 4.90 Å². The summed E-state index contributed by atoms with van der Waals surface area (Å²) in [5.41, 5.74) is 0. The molecule has 0 saturated carbocycles. The molecule has 0 radical (unpaired) electrons. The van der Waals surface area contributed by atoms with Gasteiger partial charge in [0.25, 0.3) is 0 Å². The molecule has 1 aliphatic rings. The summed E-state index contributed by atoms with van der Waals surface area (Å²) < 4.78 is 0. The van der Waals surface area contributed by atoms with Crippen LogP contribution in [-0.4, -0.2) is 23.9 Å². The van der Waals surface area contributed by atoms with Crippen molar-refractivity contribution in [3.05, 3.63) is 0 Å². The highest BCUT2D eigenvalue weighted by molar-refractivity contribution is 8.68. The standard InChI is InChI=1S/C8H17NS2/c1-7(2)8-3-4-9(5-8)6-11-10/h7-8,10H,3-6H2,1-2H3. The van der Waals surface area contributed by atoms with Gasteiger partial charge in [-0.05, 0) is 24.8 Å². The fourth-order valence-electron chi connectivity index (χ4n) is 1.61. The van der Waals surface area contributed by atoms with Crippen LogP contribution < -0.4 is 0 Å². The van der Waals surface area contributed by atoms with Crippen molar-refractivity contribution in [2.75, 3.05) is 19.0 Å². The molecule has 1 atom stereocenters. The molecule has 1 heterocycles. The zero-order chi connectivity index (χ0) is 8.27. The first-order chi connectivity index (χ1) is 5.24. The van der Waals surface area contributed by atoms with Crippen LogP contribution >= 0.6 is 22.5 Å². The highest BCUT2D eigenvalue weighted by Gasteiger charge is 2.23. The Kier molecular flexibility index (Phi) is 4.10. The Morgan fingerprint density at radius 1 is 1.64 bits per heavy atom. The van der Waals surface area contributed by atoms with E-state index in [0.29, 0.717) is 0 Å². The minimum Gasteiger partial charge on any atom is -0.293 e. The molecule has 0 aromatic heterocycles. The van der Waals surface area contributed by atoms with Crippen LogP contribution in [0.1, 0.15) is 20.3 Å². The van der Waals surface area contributed by atoms with Crippen LogP contribution in [0.25, 0.3) is 0 Å². The van der Waals surface area contributed by atoms with Gasteiger partial charge in [-0.3, -0.25) is 4.90 Å². The maximum absolute atomic E-state index is 4.15. The highest BCUT2D eigenvalue weighted by atomic mass is 33.1. The van der Waals surface area contributed by atoms with Crippen molar-refractivity contribution in [1.29, 1.82) is 0 Å². The average Bonchev–Trinajstić information content (AvgIpc) is 2.37. The predicted octanol–water partition coefficient (Wildman–Crippen LogP) is 2.50. The maximum Gasteiger partial charge on any atom is 0.0546 e. The molecule has 1 unspecified atom stereocenters. The van der Waals surface area contributed by atoms with E-state index in [2.05, 4.69) is 30.4 Å². The van der Waals surface area contributed by atoms with Crippen LogP contribution in [0.3, 0.4) is 0 Å². The largest absolute Gasteiger partial charge is 0.293 e. The molecule has 0 aliphatic carbocycles. The quantitative estimate of drug-likeness (QED) is 0.539. The third kappa shape index (κ3) is 2.88. The van der Waals surface area contributed by atoms with Gasteiger partial charge in [0.15, 0.2) is 0 Å². The SMILES string of the molecule is CC(C)C1CCN(CSS)C1. The molecule has 11 heavy (non-hydrogen) atoms. The molecule has 0 spiro atoms. The summed E-state index contributed by atoms with van der Waals surface area (Å²) in [5, 5.41) is 0. The number of hydrogen-bond donors (Lipinski definition) is 1. The summed E-state index contributed by atoms with van der Waals surface area (Å²) in [6.07, 6.45) is 1.38. The van der Waals surface area contributed by atoms with Crippen molar-refractivity contribution >= 4 is 22.5 Å². The Hall–Kier alpha value is 0.660. The van der Waals surface area contributed by atoms with Crippen LogP contribution in [0.2, 0.25) is 0 Å². The first-order valence-corrected chi connectivity index (χ1v) is 6.26. The van der Waals surface area contributed by atoms with Gasteiger partial charge >= 0.3 is 0 Å². The molecule has 66 valence electrons. The third-order valence-electron chi connectivity index (χ3n) is 2.49. The fourth-order valence-corrected chi connectivity index (χ4v) is 2.49. The third-order valence-corrected chi connectivity index (χ3v) is 3.32. The number of likely N-dealkylation sites (tertiary alicyclic amines) is 1. The van der Waals surface area contributed by atoms with Gasteiger partial charge in [0.05, 0.1) is 5.88 Å². The van der Waals surface area contributed by atoms with E-state index in [1.54, 1.807) is 10.8 Å². The predicted molar refractivity (Wildman–Crippen MR) is 56.0 cm³/mol. The average molecular weight is 191 g/mol. The topological polar surface area (TPSA) is 3.24 Å². The van der Waals surface area contributed by atoms with Gasteiger partial charge in [-0.1, -0.05) is 24.6 Å². The maximum atomic E-state index is 4.15. The van der Waals surface area contributed by atoms with Gasteiger partial charge in [0.1, 0.15) is 0 Å². The monoisotopic (exact) mass is 191 g/mol. The summed E-state index contributed by atoms with van der Waals surface area (Å²) in [6, 6.07) is 0. The molecular formula is C8H17NS2. The van der Waals surface area contributed by atoms with Crippen LogP contribution in [0, 0.1) is 11.8 Å². The molecule has 1 nitrogen and oxygen atoms in total. The van der Waals surface area contributed by atoms with E-state index in [-0.39, 0.29) is 0 Å². The zero-order valence-corrected chi connectivity index (χ0v) is 9.00. The van der Waals surface area contributed by atoms with Gasteiger partial charge in [-0.2, -0.15) is 0 Å². The van der Waals surface area contributed by atoms with E-state index in [4.69, 9.17) is 0 Å². The van der Waals surface area contributed by atoms with Crippen molar-refractivity contribution in [2.24, 2.45) is 11.8 Å². The zero-order valence-electron chi connectivity index (χ0n) is 7.29. The van der Waals surface area contributed by atoms with Gasteiger partial charge < -0.3 is 0 Å². The number of nitrogens with zero attached hydrogens (tertiary/aromatic N) is 1. The molecule has 1 fully saturated rings. The van der Waals surface area contributed by atoms with Gasteiger partial charge in [0.2, 0.25) is 0 Å². The van der Waals surface area contributed by atoms with Crippen LogP contribution in [0.5, 0.6) is 0 Å². The molecule has 0 bridgehead atoms. The molecule has 3 heteroatoms. The minimum absolute atomic E-state index is 0.852. The molecule has 0 aromatic rings. The number of hydrogen-bond acceptors (Lipinski definition) is 3. The molecule has 1 rings (SSSR count). The van der Waals surface area contributed by atoms with E-state index in [0.717, 1.165) is 17.7 Å². The van der Waals surface area contributed by atoms with Crippen molar-refractivity contribution in [3.8, 4) is 0 Å². The smallest absolute Gasteiger partial charge is 0.0546 e. The molecule has 0 amide bonds. The Labute approximate surface area is 78.7 Å². The Morgan fingerprint density at radius 3 is 2.82 bits per heavy atom. The van der Waals surface area contributed by atoms with Crippen molar-refractivity contribution < 1.29 is 0 Å². The molecule has 1 saturated heterocycles. The summed E-state index contributed by atoms with van der Waals surface area (Å²) in [4.78, 5) is 2.49. The highest BCUT2D eigenvalue weighted by Crippen LogP contribution is 2.25. The Morgan fingerprint density at radius 2 is 2.36 bits per heavy atom. The summed E-state index contributed by atoms with van der Waals surface area (Å²) >= 11 is 4.15. The second-order valence-corrected chi connectivity index (χ2v) is 4.92.